The summed E-state index contributed by atoms with van der Waals surface area (Å²) in [6.07, 6.45) is 0. The van der Waals surface area contributed by atoms with E-state index in [0.717, 1.165) is 5.56 Å². The molecule has 0 aliphatic heterocycles. The molecule has 0 heterocycles. The SMILES string of the molecule is NCc1ccc(OCC(=O)Nc2ccc(Cl)c(Cl)c2)cc1. The van der Waals surface area contributed by atoms with E-state index in [0.29, 0.717) is 28.0 Å². The number of halogens is 2. The summed E-state index contributed by atoms with van der Waals surface area (Å²) in [5, 5.41) is 3.49. The van der Waals surface area contributed by atoms with Crippen molar-refractivity contribution in [2.24, 2.45) is 5.73 Å². The molecule has 0 aliphatic carbocycles. The van der Waals surface area contributed by atoms with Gasteiger partial charge in [0.2, 0.25) is 0 Å². The summed E-state index contributed by atoms with van der Waals surface area (Å²) in [4.78, 5) is 11.8. The predicted octanol–water partition coefficient (Wildman–Crippen LogP) is 3.47. The van der Waals surface area contributed by atoms with E-state index in [2.05, 4.69) is 5.32 Å². The topological polar surface area (TPSA) is 64.3 Å². The second kappa shape index (κ2) is 7.31. The van der Waals surface area contributed by atoms with Gasteiger partial charge >= 0.3 is 0 Å². The number of ether oxygens (including phenoxy) is 1. The number of carbonyl (C=O) groups excluding carboxylic acids is 1. The Morgan fingerprint density at radius 1 is 1.10 bits per heavy atom. The number of anilines is 1. The van der Waals surface area contributed by atoms with Gasteiger partial charge in [0, 0.05) is 12.2 Å². The average Bonchev–Trinajstić information content (AvgIpc) is 2.49. The van der Waals surface area contributed by atoms with Gasteiger partial charge < -0.3 is 15.8 Å². The van der Waals surface area contributed by atoms with Crippen LogP contribution in [0.5, 0.6) is 5.75 Å². The Morgan fingerprint density at radius 3 is 2.43 bits per heavy atom. The van der Waals surface area contributed by atoms with E-state index >= 15 is 0 Å². The van der Waals surface area contributed by atoms with Crippen LogP contribution in [0.3, 0.4) is 0 Å². The Balaban J connectivity index is 1.87. The molecule has 0 bridgehead atoms. The van der Waals surface area contributed by atoms with Gasteiger partial charge in [-0.15, -0.1) is 0 Å². The fraction of sp³-hybridized carbons (Fsp3) is 0.133. The highest BCUT2D eigenvalue weighted by molar-refractivity contribution is 6.42. The summed E-state index contributed by atoms with van der Waals surface area (Å²) in [5.41, 5.74) is 7.07. The molecular weight excluding hydrogens is 311 g/mol. The van der Waals surface area contributed by atoms with Crippen LogP contribution in [-0.2, 0) is 11.3 Å². The molecule has 0 spiro atoms. The zero-order valence-corrected chi connectivity index (χ0v) is 12.6. The summed E-state index contributed by atoms with van der Waals surface area (Å²) >= 11 is 11.7. The molecule has 0 aliphatic rings. The monoisotopic (exact) mass is 324 g/mol. The lowest BCUT2D eigenvalue weighted by Crippen LogP contribution is -2.20. The van der Waals surface area contributed by atoms with Crippen molar-refractivity contribution in [3.05, 3.63) is 58.1 Å². The highest BCUT2D eigenvalue weighted by Gasteiger charge is 2.05. The lowest BCUT2D eigenvalue weighted by atomic mass is 10.2. The maximum Gasteiger partial charge on any atom is 0.262 e. The fourth-order valence-electron chi connectivity index (χ4n) is 1.64. The zero-order chi connectivity index (χ0) is 15.2. The number of carbonyl (C=O) groups is 1. The van der Waals surface area contributed by atoms with Crippen molar-refractivity contribution >= 4 is 34.8 Å². The number of nitrogens with one attached hydrogen (secondary N) is 1. The van der Waals surface area contributed by atoms with E-state index in [4.69, 9.17) is 33.7 Å². The minimum atomic E-state index is -0.281. The van der Waals surface area contributed by atoms with Gasteiger partial charge in [0.15, 0.2) is 6.61 Å². The predicted molar refractivity (Wildman–Crippen MR) is 84.9 cm³/mol. The Bertz CT molecular complexity index is 630. The van der Waals surface area contributed by atoms with Crippen LogP contribution in [0.25, 0.3) is 0 Å². The molecule has 0 atom stereocenters. The molecule has 0 radical (unpaired) electrons. The smallest absolute Gasteiger partial charge is 0.262 e. The van der Waals surface area contributed by atoms with Crippen molar-refractivity contribution in [1.82, 2.24) is 0 Å². The number of nitrogens with two attached hydrogens (primary N) is 1. The maximum absolute atomic E-state index is 11.8. The molecule has 2 rings (SSSR count). The van der Waals surface area contributed by atoms with Crippen molar-refractivity contribution in [2.75, 3.05) is 11.9 Å². The van der Waals surface area contributed by atoms with Crippen LogP contribution in [0.15, 0.2) is 42.5 Å². The summed E-state index contributed by atoms with van der Waals surface area (Å²) in [5.74, 6) is 0.327. The molecule has 0 fully saturated rings. The molecule has 110 valence electrons. The first-order valence-corrected chi connectivity index (χ1v) is 7.01. The van der Waals surface area contributed by atoms with Crippen LogP contribution in [-0.4, -0.2) is 12.5 Å². The Kier molecular flexibility index (Phi) is 5.44. The van der Waals surface area contributed by atoms with Gasteiger partial charge in [-0.3, -0.25) is 4.79 Å². The van der Waals surface area contributed by atoms with Gasteiger partial charge in [0.1, 0.15) is 5.75 Å². The van der Waals surface area contributed by atoms with Crippen molar-refractivity contribution in [2.45, 2.75) is 6.54 Å². The van der Waals surface area contributed by atoms with Crippen LogP contribution < -0.4 is 15.8 Å². The van der Waals surface area contributed by atoms with Crippen LogP contribution in [0.1, 0.15) is 5.56 Å². The third-order valence-corrected chi connectivity index (χ3v) is 3.47. The minimum absolute atomic E-state index is 0.0950. The number of benzene rings is 2. The second-order valence-electron chi connectivity index (χ2n) is 4.31. The molecule has 2 aromatic carbocycles. The van der Waals surface area contributed by atoms with Crippen molar-refractivity contribution in [3.8, 4) is 5.75 Å². The van der Waals surface area contributed by atoms with E-state index in [9.17, 15) is 4.79 Å². The number of rotatable bonds is 5. The second-order valence-corrected chi connectivity index (χ2v) is 5.13. The van der Waals surface area contributed by atoms with Crippen molar-refractivity contribution in [1.29, 1.82) is 0 Å². The largest absolute Gasteiger partial charge is 0.484 e. The number of hydrogen-bond donors (Lipinski definition) is 2. The standard InChI is InChI=1S/C15H14Cl2N2O2/c16-13-6-3-11(7-14(13)17)19-15(20)9-21-12-4-1-10(8-18)2-5-12/h1-7H,8-9,18H2,(H,19,20). The van der Waals surface area contributed by atoms with Crippen LogP contribution >= 0.6 is 23.2 Å². The third kappa shape index (κ3) is 4.63. The van der Waals surface area contributed by atoms with Crippen molar-refractivity contribution < 1.29 is 9.53 Å². The molecule has 2 aromatic rings. The van der Waals surface area contributed by atoms with Crippen LogP contribution in [0.2, 0.25) is 10.0 Å². The Hall–Kier alpha value is -1.75. The lowest BCUT2D eigenvalue weighted by Gasteiger charge is -2.08. The van der Waals surface area contributed by atoms with Gasteiger partial charge in [-0.1, -0.05) is 35.3 Å². The molecule has 3 N–H and O–H groups in total. The number of hydrogen-bond acceptors (Lipinski definition) is 3. The highest BCUT2D eigenvalue weighted by Crippen LogP contribution is 2.24. The average molecular weight is 325 g/mol. The van der Waals surface area contributed by atoms with E-state index in [-0.39, 0.29) is 12.5 Å². The molecule has 1 amide bonds. The quantitative estimate of drug-likeness (QED) is 0.885. The third-order valence-electron chi connectivity index (χ3n) is 2.73. The van der Waals surface area contributed by atoms with E-state index in [1.54, 1.807) is 30.3 Å². The molecule has 0 aromatic heterocycles. The highest BCUT2D eigenvalue weighted by atomic mass is 35.5. The lowest BCUT2D eigenvalue weighted by molar-refractivity contribution is -0.118. The normalized spacial score (nSPS) is 10.2. The minimum Gasteiger partial charge on any atom is -0.484 e. The van der Waals surface area contributed by atoms with Gasteiger partial charge in [0.25, 0.3) is 5.91 Å². The van der Waals surface area contributed by atoms with Gasteiger partial charge in [-0.25, -0.2) is 0 Å². The molecule has 0 saturated carbocycles. The maximum atomic E-state index is 11.8. The van der Waals surface area contributed by atoms with Crippen molar-refractivity contribution in [3.63, 3.8) is 0 Å². The van der Waals surface area contributed by atoms with E-state index in [1.807, 2.05) is 12.1 Å². The zero-order valence-electron chi connectivity index (χ0n) is 11.1. The summed E-state index contributed by atoms with van der Waals surface area (Å²) in [6, 6.07) is 12.1. The molecule has 21 heavy (non-hydrogen) atoms. The van der Waals surface area contributed by atoms with Gasteiger partial charge in [-0.2, -0.15) is 0 Å². The van der Waals surface area contributed by atoms with Crippen LogP contribution in [0.4, 0.5) is 5.69 Å². The first kappa shape index (κ1) is 15.6. The summed E-state index contributed by atoms with van der Waals surface area (Å²) in [6.45, 7) is 0.375. The van der Waals surface area contributed by atoms with E-state index < -0.39 is 0 Å². The van der Waals surface area contributed by atoms with E-state index in [1.165, 1.54) is 0 Å². The fourth-order valence-corrected chi connectivity index (χ4v) is 1.94. The van der Waals surface area contributed by atoms with Crippen LogP contribution in [0, 0.1) is 0 Å². The first-order chi connectivity index (χ1) is 10.1. The first-order valence-electron chi connectivity index (χ1n) is 6.25. The molecule has 0 saturated heterocycles. The van der Waals surface area contributed by atoms with Gasteiger partial charge in [-0.05, 0) is 35.9 Å². The van der Waals surface area contributed by atoms with Gasteiger partial charge in [0.05, 0.1) is 10.0 Å². The molecule has 4 nitrogen and oxygen atoms in total. The summed E-state index contributed by atoms with van der Waals surface area (Å²) in [7, 11) is 0. The molecular formula is C15H14Cl2N2O2. The molecule has 6 heteroatoms. The summed E-state index contributed by atoms with van der Waals surface area (Å²) < 4.78 is 5.38. The number of amides is 1. The Morgan fingerprint density at radius 2 is 1.81 bits per heavy atom. The Labute approximate surface area is 132 Å². The molecule has 0 unspecified atom stereocenters.